The zero-order valence-electron chi connectivity index (χ0n) is 14.8. The summed E-state index contributed by atoms with van der Waals surface area (Å²) in [6.07, 6.45) is 1.54. The van der Waals surface area contributed by atoms with Gasteiger partial charge in [-0.1, -0.05) is 42.5 Å². The molecule has 0 unspecified atom stereocenters. The zero-order valence-corrected chi connectivity index (χ0v) is 14.8. The third kappa shape index (κ3) is 4.70. The molecule has 1 N–H and O–H groups in total. The van der Waals surface area contributed by atoms with Crippen LogP contribution in [-0.4, -0.2) is 31.6 Å². The van der Waals surface area contributed by atoms with Crippen LogP contribution in [0.25, 0.3) is 0 Å². The molecule has 0 amide bonds. The van der Waals surface area contributed by atoms with Gasteiger partial charge in [-0.15, -0.1) is 0 Å². The minimum absolute atomic E-state index is 0.209. The topological polar surface area (TPSA) is 64.6 Å². The Bertz CT molecular complexity index is 760. The van der Waals surface area contributed by atoms with Crippen LogP contribution in [-0.2, 0) is 27.3 Å². The van der Waals surface area contributed by atoms with Crippen molar-refractivity contribution in [1.82, 2.24) is 5.32 Å². The number of benzene rings is 2. The summed E-state index contributed by atoms with van der Waals surface area (Å²) in [5.74, 6) is -0.212. The normalized spacial score (nSPS) is 19.1. The van der Waals surface area contributed by atoms with Gasteiger partial charge >= 0.3 is 11.9 Å². The van der Waals surface area contributed by atoms with Gasteiger partial charge in [-0.05, 0) is 48.6 Å². The lowest BCUT2D eigenvalue weighted by atomic mass is 9.95. The molecule has 1 aliphatic heterocycles. The fraction of sp³-hybridized carbons (Fsp3) is 0.333. The fourth-order valence-corrected chi connectivity index (χ4v) is 3.25. The molecule has 5 heteroatoms. The number of nitrogens with one attached hydrogen (secondary N) is 1. The highest BCUT2D eigenvalue weighted by molar-refractivity contribution is 5.89. The molecule has 3 rings (SSSR count). The minimum Gasteiger partial charge on any atom is -0.465 e. The van der Waals surface area contributed by atoms with Gasteiger partial charge in [-0.25, -0.2) is 4.79 Å². The van der Waals surface area contributed by atoms with Crippen molar-refractivity contribution in [3.8, 4) is 0 Å². The Morgan fingerprint density at radius 2 is 1.85 bits per heavy atom. The van der Waals surface area contributed by atoms with E-state index >= 15 is 0 Å². The average Bonchev–Trinajstić information content (AvgIpc) is 3.15. The Morgan fingerprint density at radius 1 is 1.08 bits per heavy atom. The van der Waals surface area contributed by atoms with E-state index in [1.807, 2.05) is 48.5 Å². The average molecular weight is 353 g/mol. The van der Waals surface area contributed by atoms with E-state index in [-0.39, 0.29) is 18.0 Å². The lowest BCUT2D eigenvalue weighted by Crippen LogP contribution is -2.32. The van der Waals surface area contributed by atoms with E-state index in [1.54, 1.807) is 6.07 Å². The number of carbonyl (C=O) groups is 2. The van der Waals surface area contributed by atoms with Gasteiger partial charge in [-0.3, -0.25) is 4.79 Å². The highest BCUT2D eigenvalue weighted by atomic mass is 16.5. The van der Waals surface area contributed by atoms with Crippen molar-refractivity contribution in [2.75, 3.05) is 13.7 Å². The Kier molecular flexibility index (Phi) is 6.02. The van der Waals surface area contributed by atoms with Crippen LogP contribution in [0.5, 0.6) is 0 Å². The summed E-state index contributed by atoms with van der Waals surface area (Å²) < 4.78 is 10.2. The van der Waals surface area contributed by atoms with Crippen LogP contribution >= 0.6 is 0 Å². The highest BCUT2D eigenvalue weighted by Crippen LogP contribution is 2.21. The van der Waals surface area contributed by atoms with E-state index in [2.05, 4.69) is 5.32 Å². The Balaban J connectivity index is 1.50. The molecule has 0 spiro atoms. The van der Waals surface area contributed by atoms with Gasteiger partial charge in [0.2, 0.25) is 0 Å². The van der Waals surface area contributed by atoms with Crippen molar-refractivity contribution in [3.05, 3.63) is 71.3 Å². The second-order valence-electron chi connectivity index (χ2n) is 6.55. The predicted molar refractivity (Wildman–Crippen MR) is 97.6 cm³/mol. The molecule has 0 aromatic heterocycles. The van der Waals surface area contributed by atoms with Crippen LogP contribution in [0.4, 0.5) is 0 Å². The van der Waals surface area contributed by atoms with Crippen LogP contribution in [0.1, 0.15) is 27.9 Å². The molecule has 2 aromatic carbocycles. The van der Waals surface area contributed by atoms with E-state index < -0.39 is 0 Å². The third-order valence-corrected chi connectivity index (χ3v) is 4.60. The molecule has 5 nitrogen and oxygen atoms in total. The number of carbonyl (C=O) groups excluding carboxylic acids is 2. The van der Waals surface area contributed by atoms with E-state index in [0.29, 0.717) is 18.1 Å². The first-order valence-electron chi connectivity index (χ1n) is 8.77. The maximum absolute atomic E-state index is 12.3. The van der Waals surface area contributed by atoms with Gasteiger partial charge in [0, 0.05) is 0 Å². The molecule has 1 heterocycles. The number of hydrogen-bond donors (Lipinski definition) is 1. The summed E-state index contributed by atoms with van der Waals surface area (Å²) >= 11 is 0. The predicted octanol–water partition coefficient (Wildman–Crippen LogP) is 2.74. The fourth-order valence-electron chi connectivity index (χ4n) is 3.25. The molecule has 26 heavy (non-hydrogen) atoms. The molecular weight excluding hydrogens is 330 g/mol. The maximum atomic E-state index is 12.3. The van der Waals surface area contributed by atoms with Crippen LogP contribution in [0.3, 0.4) is 0 Å². The quantitative estimate of drug-likeness (QED) is 0.809. The van der Waals surface area contributed by atoms with E-state index in [9.17, 15) is 9.59 Å². The highest BCUT2D eigenvalue weighted by Gasteiger charge is 2.30. The third-order valence-electron chi connectivity index (χ3n) is 4.60. The van der Waals surface area contributed by atoms with Crippen molar-refractivity contribution < 1.29 is 19.1 Å². The standard InChI is InChI=1S/C21H23NO4/c1-25-20(23)18-9-5-8-16(11-18)10-17-12-19(22-13-17)21(24)26-14-15-6-3-2-4-7-15/h2-9,11,17,19,22H,10,12-14H2,1H3/t17-,19+/m0/s1. The Hall–Kier alpha value is -2.66. The molecule has 1 saturated heterocycles. The van der Waals surface area contributed by atoms with E-state index in [4.69, 9.17) is 9.47 Å². The summed E-state index contributed by atoms with van der Waals surface area (Å²) in [5.41, 5.74) is 2.60. The molecular formula is C21H23NO4. The zero-order chi connectivity index (χ0) is 18.4. The first kappa shape index (κ1) is 18.1. The molecule has 1 fully saturated rings. The van der Waals surface area contributed by atoms with Crippen molar-refractivity contribution in [2.24, 2.45) is 5.92 Å². The SMILES string of the molecule is COC(=O)c1cccc(C[C@@H]2CN[C@@H](C(=O)OCc3ccccc3)C2)c1. The van der Waals surface area contributed by atoms with Crippen LogP contribution in [0.15, 0.2) is 54.6 Å². The largest absolute Gasteiger partial charge is 0.465 e. The van der Waals surface area contributed by atoms with Crippen molar-refractivity contribution in [2.45, 2.75) is 25.5 Å². The number of esters is 2. The first-order chi connectivity index (χ1) is 12.7. The lowest BCUT2D eigenvalue weighted by Gasteiger charge is -2.11. The number of rotatable bonds is 6. The molecule has 136 valence electrons. The summed E-state index contributed by atoms with van der Waals surface area (Å²) in [6, 6.07) is 16.8. The second kappa shape index (κ2) is 8.63. The second-order valence-corrected chi connectivity index (χ2v) is 6.55. The van der Waals surface area contributed by atoms with Crippen LogP contribution < -0.4 is 5.32 Å². The van der Waals surface area contributed by atoms with Gasteiger partial charge in [0.25, 0.3) is 0 Å². The molecule has 2 aromatic rings. The van der Waals surface area contributed by atoms with Gasteiger partial charge in [-0.2, -0.15) is 0 Å². The van der Waals surface area contributed by atoms with Gasteiger partial charge in [0.15, 0.2) is 0 Å². The molecule has 0 bridgehead atoms. The van der Waals surface area contributed by atoms with Crippen LogP contribution in [0.2, 0.25) is 0 Å². The Morgan fingerprint density at radius 3 is 2.62 bits per heavy atom. The maximum Gasteiger partial charge on any atom is 0.337 e. The summed E-state index contributed by atoms with van der Waals surface area (Å²) in [4.78, 5) is 23.9. The molecule has 1 aliphatic rings. The molecule has 2 atom stereocenters. The van der Waals surface area contributed by atoms with Crippen molar-refractivity contribution in [1.29, 1.82) is 0 Å². The Labute approximate surface area is 153 Å². The number of hydrogen-bond acceptors (Lipinski definition) is 5. The van der Waals surface area contributed by atoms with Crippen molar-refractivity contribution >= 4 is 11.9 Å². The van der Waals surface area contributed by atoms with E-state index in [0.717, 1.165) is 30.5 Å². The monoisotopic (exact) mass is 353 g/mol. The van der Waals surface area contributed by atoms with Crippen molar-refractivity contribution in [3.63, 3.8) is 0 Å². The summed E-state index contributed by atoms with van der Waals surface area (Å²) in [6.45, 7) is 1.05. The van der Waals surface area contributed by atoms with E-state index in [1.165, 1.54) is 7.11 Å². The summed E-state index contributed by atoms with van der Waals surface area (Å²) in [7, 11) is 1.38. The minimum atomic E-state index is -0.334. The van der Waals surface area contributed by atoms with Crippen LogP contribution in [0, 0.1) is 5.92 Å². The first-order valence-corrected chi connectivity index (χ1v) is 8.77. The van der Waals surface area contributed by atoms with Gasteiger partial charge in [0.05, 0.1) is 12.7 Å². The molecule has 0 aliphatic carbocycles. The van der Waals surface area contributed by atoms with Gasteiger partial charge < -0.3 is 14.8 Å². The molecule has 0 radical (unpaired) electrons. The number of ether oxygens (including phenoxy) is 2. The molecule has 0 saturated carbocycles. The van der Waals surface area contributed by atoms with Gasteiger partial charge in [0.1, 0.15) is 12.6 Å². The summed E-state index contributed by atoms with van der Waals surface area (Å²) in [5, 5.41) is 3.25. The number of methoxy groups -OCH3 is 1. The smallest absolute Gasteiger partial charge is 0.337 e. The lowest BCUT2D eigenvalue weighted by molar-refractivity contribution is -0.147.